The van der Waals surface area contributed by atoms with Crippen molar-refractivity contribution in [3.63, 3.8) is 0 Å². The second-order valence-corrected chi connectivity index (χ2v) is 10.9. The first-order chi connectivity index (χ1) is 16.5. The largest absolute Gasteiger partial charge is 0.503 e. The Bertz CT molecular complexity index is 1200. The summed E-state index contributed by atoms with van der Waals surface area (Å²) in [6, 6.07) is 6.96. The average Bonchev–Trinajstić information content (AvgIpc) is 2.75. The summed E-state index contributed by atoms with van der Waals surface area (Å²) in [5.41, 5.74) is 3.67. The molecule has 0 aromatic heterocycles. The van der Waals surface area contributed by atoms with Crippen molar-refractivity contribution in [2.24, 2.45) is 5.92 Å². The quantitative estimate of drug-likeness (QED) is 0.303. The first-order valence-electron chi connectivity index (χ1n) is 12.1. The number of aliphatic hydroxyl groups is 1. The lowest BCUT2D eigenvalue weighted by molar-refractivity contribution is -0.127. The van der Waals surface area contributed by atoms with Crippen LogP contribution in [-0.2, 0) is 21.4 Å². The number of nitrogens with one attached hydrogen (secondary N) is 1. The van der Waals surface area contributed by atoms with Crippen LogP contribution in [0.25, 0.3) is 0 Å². The van der Waals surface area contributed by atoms with Gasteiger partial charge in [0.25, 0.3) is 5.91 Å². The van der Waals surface area contributed by atoms with Gasteiger partial charge in [0.2, 0.25) is 0 Å². The maximum absolute atomic E-state index is 13.2. The van der Waals surface area contributed by atoms with E-state index in [1.165, 1.54) is 0 Å². The topological polar surface area (TPSA) is 75.6 Å². The summed E-state index contributed by atoms with van der Waals surface area (Å²) in [7, 11) is 0. The molecule has 0 radical (unpaired) electrons. The van der Waals surface area contributed by atoms with Crippen LogP contribution in [0.3, 0.4) is 0 Å². The Morgan fingerprint density at radius 1 is 1.09 bits per heavy atom. The number of Topliss-reactive ketones (excluding diaryl/α,β-unsaturated/α-hetero) is 1. The number of hydrogen-bond acceptors (Lipinski definition) is 4. The third-order valence-electron chi connectivity index (χ3n) is 7.18. The minimum Gasteiger partial charge on any atom is -0.503 e. The van der Waals surface area contributed by atoms with Gasteiger partial charge < -0.3 is 15.2 Å². The summed E-state index contributed by atoms with van der Waals surface area (Å²) in [5.74, 6) is 0.245. The van der Waals surface area contributed by atoms with E-state index in [-0.39, 0.29) is 33.3 Å². The maximum Gasteiger partial charge on any atom is 0.290 e. The molecule has 1 atom stereocenters. The Balaban J connectivity index is 1.65. The van der Waals surface area contributed by atoms with Crippen molar-refractivity contribution in [1.82, 2.24) is 0 Å². The number of aryl methyl sites for hydroxylation is 1. The first-order valence-corrected chi connectivity index (χ1v) is 12.8. The summed E-state index contributed by atoms with van der Waals surface area (Å²) < 4.78 is 6.25. The predicted molar refractivity (Wildman–Crippen MR) is 140 cm³/mol. The number of allylic oxidation sites excluding steroid dienone is 1. The molecule has 2 aliphatic rings. The normalized spacial score (nSPS) is 19.1. The van der Waals surface area contributed by atoms with Crippen LogP contribution in [0.4, 0.5) is 5.69 Å². The van der Waals surface area contributed by atoms with Gasteiger partial charge in [-0.25, -0.2) is 0 Å². The molecular formula is C28H31Cl2NO4. The predicted octanol–water partition coefficient (Wildman–Crippen LogP) is 7.85. The molecule has 35 heavy (non-hydrogen) atoms. The van der Waals surface area contributed by atoms with Crippen LogP contribution in [-0.4, -0.2) is 16.8 Å². The van der Waals surface area contributed by atoms with E-state index in [9.17, 15) is 14.7 Å². The van der Waals surface area contributed by atoms with E-state index in [4.69, 9.17) is 27.9 Å². The summed E-state index contributed by atoms with van der Waals surface area (Å²) in [6.45, 7) is 7.96. The summed E-state index contributed by atoms with van der Waals surface area (Å²) in [5, 5.41) is 13.2. The van der Waals surface area contributed by atoms with Gasteiger partial charge >= 0.3 is 0 Å². The van der Waals surface area contributed by atoms with Gasteiger partial charge in [0.05, 0.1) is 15.5 Å². The van der Waals surface area contributed by atoms with Gasteiger partial charge in [0.15, 0.2) is 11.5 Å². The molecule has 2 aliphatic carbocycles. The number of fused-ring (bicyclic) bond motifs is 1. The van der Waals surface area contributed by atoms with Crippen molar-refractivity contribution in [3.05, 3.63) is 62.3 Å². The SMILES string of the molecule is Cc1ccc(Oc2c(Cl)cc(NC(=O)C(O)=C3CCC3)cc2Cl)c2c1C(C)(C(=O)C(C)C)CCC2. The lowest BCUT2D eigenvalue weighted by atomic mass is 9.65. The maximum atomic E-state index is 13.2. The number of aliphatic hydroxyl groups excluding tert-OH is 1. The fraction of sp³-hybridized carbons (Fsp3) is 0.429. The van der Waals surface area contributed by atoms with Gasteiger partial charge in [-0.3, -0.25) is 9.59 Å². The van der Waals surface area contributed by atoms with Crippen LogP contribution < -0.4 is 10.1 Å². The van der Waals surface area contributed by atoms with E-state index < -0.39 is 11.3 Å². The van der Waals surface area contributed by atoms with Gasteiger partial charge in [-0.2, -0.15) is 0 Å². The number of anilines is 1. The molecule has 0 bridgehead atoms. The second kappa shape index (κ2) is 9.87. The number of halogens is 2. The van der Waals surface area contributed by atoms with E-state index in [1.54, 1.807) is 12.1 Å². The highest BCUT2D eigenvalue weighted by Gasteiger charge is 2.41. The Labute approximate surface area is 216 Å². The molecule has 1 saturated carbocycles. The molecule has 2 N–H and O–H groups in total. The van der Waals surface area contributed by atoms with Crippen LogP contribution in [0, 0.1) is 12.8 Å². The third-order valence-corrected chi connectivity index (χ3v) is 7.74. The Morgan fingerprint density at radius 3 is 2.31 bits per heavy atom. The molecule has 5 nitrogen and oxygen atoms in total. The fourth-order valence-electron chi connectivity index (χ4n) is 5.27. The Kier molecular flexibility index (Phi) is 7.21. The molecular weight excluding hydrogens is 485 g/mol. The molecule has 7 heteroatoms. The van der Waals surface area contributed by atoms with Crippen LogP contribution in [0.15, 0.2) is 35.6 Å². The van der Waals surface area contributed by atoms with E-state index in [2.05, 4.69) is 5.32 Å². The van der Waals surface area contributed by atoms with Crippen molar-refractivity contribution in [2.75, 3.05) is 5.32 Å². The van der Waals surface area contributed by atoms with E-state index in [0.29, 0.717) is 11.4 Å². The Morgan fingerprint density at radius 2 is 1.74 bits per heavy atom. The molecule has 4 rings (SSSR count). The zero-order valence-electron chi connectivity index (χ0n) is 20.6. The monoisotopic (exact) mass is 515 g/mol. The lowest BCUT2D eigenvalue weighted by Crippen LogP contribution is -2.39. The van der Waals surface area contributed by atoms with Crippen molar-refractivity contribution in [3.8, 4) is 11.5 Å². The van der Waals surface area contributed by atoms with Crippen molar-refractivity contribution in [2.45, 2.75) is 71.6 Å². The number of amides is 1. The third kappa shape index (κ3) is 4.81. The zero-order valence-corrected chi connectivity index (χ0v) is 22.1. The molecule has 1 fully saturated rings. The molecule has 0 saturated heterocycles. The summed E-state index contributed by atoms with van der Waals surface area (Å²) in [6.07, 6.45) is 4.92. The fourth-order valence-corrected chi connectivity index (χ4v) is 5.83. The number of ketones is 1. The smallest absolute Gasteiger partial charge is 0.290 e. The number of benzene rings is 2. The van der Waals surface area contributed by atoms with Crippen molar-refractivity contribution in [1.29, 1.82) is 0 Å². The molecule has 0 aliphatic heterocycles. The summed E-state index contributed by atoms with van der Waals surface area (Å²) in [4.78, 5) is 25.5. The van der Waals surface area contributed by atoms with Gasteiger partial charge in [0, 0.05) is 11.6 Å². The number of rotatable bonds is 6. The molecule has 2 aromatic rings. The van der Waals surface area contributed by atoms with E-state index >= 15 is 0 Å². The van der Waals surface area contributed by atoms with Crippen molar-refractivity contribution >= 4 is 40.6 Å². The van der Waals surface area contributed by atoms with Gasteiger partial charge in [-0.05, 0) is 92.8 Å². The number of hydrogen-bond donors (Lipinski definition) is 2. The molecule has 1 amide bonds. The van der Waals surface area contributed by atoms with Gasteiger partial charge in [0.1, 0.15) is 11.5 Å². The number of ether oxygens (including phenoxy) is 1. The van der Waals surface area contributed by atoms with Crippen LogP contribution in [0.1, 0.15) is 69.6 Å². The molecule has 0 heterocycles. The number of carbonyl (C=O) groups is 2. The van der Waals surface area contributed by atoms with Crippen LogP contribution in [0.5, 0.6) is 11.5 Å². The minimum absolute atomic E-state index is 0.0686. The van der Waals surface area contributed by atoms with Crippen LogP contribution in [0.2, 0.25) is 10.0 Å². The second-order valence-electron chi connectivity index (χ2n) is 10.1. The van der Waals surface area contributed by atoms with Gasteiger partial charge in [-0.1, -0.05) is 43.1 Å². The average molecular weight is 516 g/mol. The highest BCUT2D eigenvalue weighted by molar-refractivity contribution is 6.37. The Hall–Kier alpha value is -2.50. The molecule has 1 unspecified atom stereocenters. The zero-order chi connectivity index (χ0) is 25.5. The lowest BCUT2D eigenvalue weighted by Gasteiger charge is -2.38. The van der Waals surface area contributed by atoms with Crippen LogP contribution >= 0.6 is 23.2 Å². The molecule has 2 aromatic carbocycles. The minimum atomic E-state index is -0.581. The highest BCUT2D eigenvalue weighted by Crippen LogP contribution is 2.47. The molecule has 186 valence electrons. The van der Waals surface area contributed by atoms with Crippen molar-refractivity contribution < 1.29 is 19.4 Å². The first kappa shape index (κ1) is 25.6. The molecule has 0 spiro atoms. The standard InChI is InChI=1S/C28H31Cl2NO4/c1-15(2)26(33)28(4)12-6-9-19-22(11-10-16(3)23(19)28)35-25-20(29)13-18(14-21(25)30)31-27(34)24(32)17-7-5-8-17/h10-11,13-15,32H,5-9,12H2,1-4H3,(H,31,34). The highest BCUT2D eigenvalue weighted by atomic mass is 35.5. The summed E-state index contributed by atoms with van der Waals surface area (Å²) >= 11 is 13.0. The van der Waals surface area contributed by atoms with Gasteiger partial charge in [-0.15, -0.1) is 0 Å². The van der Waals surface area contributed by atoms with E-state index in [1.807, 2.05) is 39.8 Å². The number of carbonyl (C=O) groups excluding carboxylic acids is 2. The van der Waals surface area contributed by atoms with E-state index in [0.717, 1.165) is 60.8 Å².